The van der Waals surface area contributed by atoms with Crippen LogP contribution < -0.4 is 5.73 Å². The van der Waals surface area contributed by atoms with Crippen LogP contribution >= 0.6 is 0 Å². The van der Waals surface area contributed by atoms with Gasteiger partial charge in [-0.05, 0) is 35.0 Å². The topological polar surface area (TPSA) is 69.6 Å². The van der Waals surface area contributed by atoms with Crippen LogP contribution in [0.3, 0.4) is 0 Å². The first-order valence-electron chi connectivity index (χ1n) is 6.43. The van der Waals surface area contributed by atoms with E-state index in [9.17, 15) is 0 Å². The third kappa shape index (κ3) is 2.31. The predicted molar refractivity (Wildman–Crippen MR) is 77.2 cm³/mol. The Hall–Kier alpha value is -2.53. The summed E-state index contributed by atoms with van der Waals surface area (Å²) in [6.45, 7) is 2.58. The van der Waals surface area contributed by atoms with Crippen molar-refractivity contribution in [3.8, 4) is 17.1 Å². The van der Waals surface area contributed by atoms with Gasteiger partial charge in [-0.25, -0.2) is 0 Å². The molecule has 0 saturated heterocycles. The van der Waals surface area contributed by atoms with Crippen molar-refractivity contribution in [3.63, 3.8) is 0 Å². The van der Waals surface area contributed by atoms with Crippen molar-refractivity contribution in [1.29, 1.82) is 0 Å². The van der Waals surface area contributed by atoms with E-state index in [1.807, 2.05) is 48.5 Å². The highest BCUT2D eigenvalue weighted by atomic mass is 15.5. The largest absolute Gasteiger partial charge is 0.326 e. The Balaban J connectivity index is 2.02. The third-order valence-corrected chi connectivity index (χ3v) is 3.20. The summed E-state index contributed by atoms with van der Waals surface area (Å²) in [6, 6.07) is 16.0. The lowest BCUT2D eigenvalue weighted by molar-refractivity contribution is 0.791. The molecule has 20 heavy (non-hydrogen) atoms. The van der Waals surface area contributed by atoms with Crippen LogP contribution in [0, 0.1) is 6.92 Å². The van der Waals surface area contributed by atoms with Gasteiger partial charge in [0, 0.05) is 12.1 Å². The zero-order valence-corrected chi connectivity index (χ0v) is 11.2. The molecule has 5 nitrogen and oxygen atoms in total. The van der Waals surface area contributed by atoms with Gasteiger partial charge >= 0.3 is 0 Å². The van der Waals surface area contributed by atoms with E-state index in [4.69, 9.17) is 5.73 Å². The molecule has 0 radical (unpaired) electrons. The van der Waals surface area contributed by atoms with Gasteiger partial charge in [-0.15, -0.1) is 5.10 Å². The molecule has 3 aromatic rings. The number of hydrogen-bond acceptors (Lipinski definition) is 4. The average Bonchev–Trinajstić information content (AvgIpc) is 2.97. The fourth-order valence-electron chi connectivity index (χ4n) is 2.02. The molecule has 2 N–H and O–H groups in total. The molecule has 2 aromatic carbocycles. The molecule has 0 atom stereocenters. The number of aromatic nitrogens is 4. The molecule has 100 valence electrons. The molecule has 0 saturated carbocycles. The van der Waals surface area contributed by atoms with Crippen LogP contribution in [0.4, 0.5) is 0 Å². The van der Waals surface area contributed by atoms with Crippen LogP contribution in [0.2, 0.25) is 0 Å². The quantitative estimate of drug-likeness (QED) is 0.787. The Labute approximate surface area is 117 Å². The number of nitrogens with two attached hydrogens (primary N) is 1. The van der Waals surface area contributed by atoms with Crippen LogP contribution in [-0.2, 0) is 6.54 Å². The molecule has 1 heterocycles. The van der Waals surface area contributed by atoms with Crippen LogP contribution in [-0.4, -0.2) is 20.2 Å². The lowest BCUT2D eigenvalue weighted by Crippen LogP contribution is -2.00. The zero-order valence-electron chi connectivity index (χ0n) is 11.2. The van der Waals surface area contributed by atoms with Crippen molar-refractivity contribution in [2.75, 3.05) is 0 Å². The second-order valence-electron chi connectivity index (χ2n) is 4.65. The molecule has 0 unspecified atom stereocenters. The molecule has 0 aliphatic heterocycles. The molecule has 3 rings (SSSR count). The second-order valence-corrected chi connectivity index (χ2v) is 4.65. The van der Waals surface area contributed by atoms with E-state index in [0.717, 1.165) is 22.6 Å². The molecule has 0 amide bonds. The molecule has 0 aliphatic carbocycles. The van der Waals surface area contributed by atoms with Gasteiger partial charge in [0.1, 0.15) is 0 Å². The molecular weight excluding hydrogens is 250 g/mol. The first-order chi connectivity index (χ1) is 9.78. The van der Waals surface area contributed by atoms with Crippen LogP contribution in [0.1, 0.15) is 11.1 Å². The fraction of sp³-hybridized carbons (Fsp3) is 0.133. The van der Waals surface area contributed by atoms with Crippen molar-refractivity contribution < 1.29 is 0 Å². The highest BCUT2D eigenvalue weighted by Crippen LogP contribution is 2.20. The van der Waals surface area contributed by atoms with Crippen molar-refractivity contribution in [1.82, 2.24) is 20.2 Å². The van der Waals surface area contributed by atoms with E-state index in [-0.39, 0.29) is 0 Å². The number of rotatable bonds is 3. The van der Waals surface area contributed by atoms with Gasteiger partial charge in [0.2, 0.25) is 0 Å². The van der Waals surface area contributed by atoms with E-state index in [2.05, 4.69) is 22.4 Å². The van der Waals surface area contributed by atoms with Gasteiger partial charge in [0.05, 0.1) is 5.69 Å². The summed E-state index contributed by atoms with van der Waals surface area (Å²) in [5.74, 6) is 0.720. The molecule has 0 bridgehead atoms. The molecule has 1 aromatic heterocycles. The summed E-state index contributed by atoms with van der Waals surface area (Å²) in [7, 11) is 0. The van der Waals surface area contributed by atoms with Crippen LogP contribution in [0.25, 0.3) is 17.1 Å². The highest BCUT2D eigenvalue weighted by Gasteiger charge is 2.10. The summed E-state index contributed by atoms with van der Waals surface area (Å²) >= 11 is 0. The first-order valence-corrected chi connectivity index (χ1v) is 6.43. The number of nitrogens with zero attached hydrogens (tertiary/aromatic N) is 4. The van der Waals surface area contributed by atoms with Crippen molar-refractivity contribution in [3.05, 3.63) is 59.7 Å². The van der Waals surface area contributed by atoms with E-state index in [0.29, 0.717) is 6.54 Å². The Morgan fingerprint density at radius 1 is 1.00 bits per heavy atom. The maximum Gasteiger partial charge on any atom is 0.187 e. The normalized spacial score (nSPS) is 10.7. The molecular formula is C15H15N5. The highest BCUT2D eigenvalue weighted by molar-refractivity contribution is 5.57. The smallest absolute Gasteiger partial charge is 0.187 e. The van der Waals surface area contributed by atoms with Gasteiger partial charge in [0.25, 0.3) is 0 Å². The van der Waals surface area contributed by atoms with Crippen LogP contribution in [0.15, 0.2) is 48.5 Å². The monoisotopic (exact) mass is 265 g/mol. The minimum Gasteiger partial charge on any atom is -0.326 e. The number of aryl methyl sites for hydroxylation is 1. The zero-order chi connectivity index (χ0) is 13.9. The van der Waals surface area contributed by atoms with Crippen molar-refractivity contribution in [2.24, 2.45) is 5.73 Å². The fourth-order valence-corrected chi connectivity index (χ4v) is 2.02. The Kier molecular flexibility index (Phi) is 3.26. The minimum atomic E-state index is 0.531. The lowest BCUT2D eigenvalue weighted by atomic mass is 10.1. The summed E-state index contributed by atoms with van der Waals surface area (Å²) in [6.07, 6.45) is 0. The predicted octanol–water partition coefficient (Wildman–Crippen LogP) is 2.10. The number of hydrogen-bond donors (Lipinski definition) is 1. The molecule has 0 fully saturated rings. The van der Waals surface area contributed by atoms with E-state index < -0.39 is 0 Å². The summed E-state index contributed by atoms with van der Waals surface area (Å²) < 4.78 is 1.73. The maximum atomic E-state index is 5.61. The van der Waals surface area contributed by atoms with Gasteiger partial charge in [0.15, 0.2) is 5.82 Å². The lowest BCUT2D eigenvalue weighted by Gasteiger charge is -2.05. The SMILES string of the molecule is Cc1ccc(-n2nnnc2-c2ccc(CN)cc2)cc1. The third-order valence-electron chi connectivity index (χ3n) is 3.20. The van der Waals surface area contributed by atoms with Crippen molar-refractivity contribution >= 4 is 0 Å². The average molecular weight is 265 g/mol. The molecule has 0 aliphatic rings. The van der Waals surface area contributed by atoms with Crippen LogP contribution in [0.5, 0.6) is 0 Å². The Morgan fingerprint density at radius 2 is 1.70 bits per heavy atom. The first kappa shape index (κ1) is 12.5. The number of benzene rings is 2. The van der Waals surface area contributed by atoms with E-state index in [1.165, 1.54) is 5.56 Å². The van der Waals surface area contributed by atoms with Gasteiger partial charge < -0.3 is 5.73 Å². The minimum absolute atomic E-state index is 0.531. The van der Waals surface area contributed by atoms with E-state index in [1.54, 1.807) is 4.68 Å². The Morgan fingerprint density at radius 3 is 2.35 bits per heavy atom. The van der Waals surface area contributed by atoms with Gasteiger partial charge in [-0.1, -0.05) is 42.0 Å². The summed E-state index contributed by atoms with van der Waals surface area (Å²) in [5.41, 5.74) is 9.81. The summed E-state index contributed by atoms with van der Waals surface area (Å²) in [5, 5.41) is 12.0. The molecule has 0 spiro atoms. The van der Waals surface area contributed by atoms with Crippen molar-refractivity contribution in [2.45, 2.75) is 13.5 Å². The van der Waals surface area contributed by atoms with E-state index >= 15 is 0 Å². The van der Waals surface area contributed by atoms with Gasteiger partial charge in [-0.2, -0.15) is 4.68 Å². The van der Waals surface area contributed by atoms with Gasteiger partial charge in [-0.3, -0.25) is 0 Å². The summed E-state index contributed by atoms with van der Waals surface area (Å²) in [4.78, 5) is 0. The standard InChI is InChI=1S/C15H15N5/c1-11-2-8-14(9-3-11)20-15(17-18-19-20)13-6-4-12(10-16)5-7-13/h2-9H,10,16H2,1H3. The molecule has 5 heteroatoms. The number of tetrazole rings is 1. The maximum absolute atomic E-state index is 5.61. The second kappa shape index (κ2) is 5.22. The Bertz CT molecular complexity index is 698.